The lowest BCUT2D eigenvalue weighted by Gasteiger charge is -2.27. The summed E-state index contributed by atoms with van der Waals surface area (Å²) in [6, 6.07) is 6.04. The van der Waals surface area contributed by atoms with Crippen LogP contribution >= 0.6 is 0 Å². The van der Waals surface area contributed by atoms with Crippen LogP contribution in [0.1, 0.15) is 51.7 Å². The number of carbonyl (C=O) groups is 2. The second kappa shape index (κ2) is 7.25. The van der Waals surface area contributed by atoms with Gasteiger partial charge in [-0.2, -0.15) is 0 Å². The minimum Gasteiger partial charge on any atom is -0.352 e. The molecule has 1 rings (SSSR count). The Morgan fingerprint density at radius 1 is 1.19 bits per heavy atom. The Bertz CT molecular complexity index is 522. The Kier molecular flexibility index (Phi) is 5.94. The Morgan fingerprint density at radius 2 is 1.81 bits per heavy atom. The molecule has 0 aliphatic heterocycles. The Hall–Kier alpha value is -1.84. The smallest absolute Gasteiger partial charge is 0.240 e. The van der Waals surface area contributed by atoms with Gasteiger partial charge in [-0.25, -0.2) is 0 Å². The van der Waals surface area contributed by atoms with Gasteiger partial charge in [0.15, 0.2) is 0 Å². The molecule has 0 aliphatic carbocycles. The highest BCUT2D eigenvalue weighted by atomic mass is 16.2. The first kappa shape index (κ1) is 17.2. The molecule has 4 nitrogen and oxygen atoms in total. The van der Waals surface area contributed by atoms with Crippen LogP contribution in [-0.4, -0.2) is 24.4 Å². The molecular formula is C17H26N2O2. The lowest BCUT2D eigenvalue weighted by atomic mass is 9.97. The highest BCUT2D eigenvalue weighted by Crippen LogP contribution is 2.30. The highest BCUT2D eigenvalue weighted by molar-refractivity contribution is 5.98. The van der Waals surface area contributed by atoms with Gasteiger partial charge in [-0.05, 0) is 37.8 Å². The van der Waals surface area contributed by atoms with Crippen molar-refractivity contribution >= 4 is 17.5 Å². The number of hydrogen-bond acceptors (Lipinski definition) is 2. The Labute approximate surface area is 127 Å². The number of nitrogens with zero attached hydrogens (tertiary/aromatic N) is 1. The van der Waals surface area contributed by atoms with Crippen LogP contribution in [0.4, 0.5) is 5.69 Å². The third-order valence-corrected chi connectivity index (χ3v) is 3.29. The van der Waals surface area contributed by atoms with Crippen LogP contribution in [0.3, 0.4) is 0 Å². The van der Waals surface area contributed by atoms with E-state index in [0.717, 1.165) is 16.8 Å². The SMILES string of the molecule is CC(=O)N(CC(=O)NC(C)C)c1c(C)cccc1C(C)C. The van der Waals surface area contributed by atoms with E-state index in [0.29, 0.717) is 0 Å². The maximum absolute atomic E-state index is 12.0. The summed E-state index contributed by atoms with van der Waals surface area (Å²) in [6.45, 7) is 11.5. The fraction of sp³-hybridized carbons (Fsp3) is 0.529. The van der Waals surface area contributed by atoms with E-state index in [1.807, 2.05) is 39.0 Å². The van der Waals surface area contributed by atoms with Crippen LogP contribution < -0.4 is 10.2 Å². The van der Waals surface area contributed by atoms with E-state index in [1.54, 1.807) is 4.90 Å². The van der Waals surface area contributed by atoms with Crippen LogP contribution in [-0.2, 0) is 9.59 Å². The molecule has 2 amide bonds. The fourth-order valence-electron chi connectivity index (χ4n) is 2.38. The first-order valence-corrected chi connectivity index (χ1v) is 7.41. The molecule has 0 heterocycles. The average Bonchev–Trinajstić information content (AvgIpc) is 2.34. The molecule has 116 valence electrons. The molecule has 1 N–H and O–H groups in total. The molecule has 0 bridgehead atoms. The predicted octanol–water partition coefficient (Wildman–Crippen LogP) is 3.00. The molecule has 0 aliphatic rings. The van der Waals surface area contributed by atoms with E-state index in [2.05, 4.69) is 19.2 Å². The van der Waals surface area contributed by atoms with Gasteiger partial charge >= 0.3 is 0 Å². The number of nitrogens with one attached hydrogen (secondary N) is 1. The predicted molar refractivity (Wildman–Crippen MR) is 86.6 cm³/mol. The zero-order chi connectivity index (χ0) is 16.2. The molecule has 0 fully saturated rings. The van der Waals surface area contributed by atoms with E-state index in [1.165, 1.54) is 6.92 Å². The lowest BCUT2D eigenvalue weighted by molar-refractivity contribution is -0.123. The standard InChI is InChI=1S/C17H26N2O2/c1-11(2)15-9-7-8-13(5)17(15)19(14(6)20)10-16(21)18-12(3)4/h7-9,11-12H,10H2,1-6H3,(H,18,21). The van der Waals surface area contributed by atoms with Crippen molar-refractivity contribution in [2.24, 2.45) is 0 Å². The van der Waals surface area contributed by atoms with Crippen LogP contribution in [0.5, 0.6) is 0 Å². The molecule has 0 atom stereocenters. The van der Waals surface area contributed by atoms with Gasteiger partial charge in [0.2, 0.25) is 11.8 Å². The number of amides is 2. The number of benzene rings is 1. The summed E-state index contributed by atoms with van der Waals surface area (Å²) in [4.78, 5) is 25.6. The first-order valence-electron chi connectivity index (χ1n) is 7.41. The first-order chi connectivity index (χ1) is 9.73. The van der Waals surface area contributed by atoms with Gasteiger partial charge in [0.1, 0.15) is 6.54 Å². The largest absolute Gasteiger partial charge is 0.352 e. The van der Waals surface area contributed by atoms with Crippen molar-refractivity contribution < 1.29 is 9.59 Å². The fourth-order valence-corrected chi connectivity index (χ4v) is 2.38. The number of hydrogen-bond donors (Lipinski definition) is 1. The van der Waals surface area contributed by atoms with Crippen LogP contribution in [0.25, 0.3) is 0 Å². The number of anilines is 1. The highest BCUT2D eigenvalue weighted by Gasteiger charge is 2.21. The van der Waals surface area contributed by atoms with Crippen molar-refractivity contribution in [2.45, 2.75) is 53.5 Å². The van der Waals surface area contributed by atoms with Gasteiger partial charge in [-0.3, -0.25) is 9.59 Å². The summed E-state index contributed by atoms with van der Waals surface area (Å²) < 4.78 is 0. The monoisotopic (exact) mass is 290 g/mol. The van der Waals surface area contributed by atoms with Gasteiger partial charge in [0.05, 0.1) is 5.69 Å². The normalized spacial score (nSPS) is 10.9. The van der Waals surface area contributed by atoms with Crippen molar-refractivity contribution in [2.75, 3.05) is 11.4 Å². The second-order valence-corrected chi connectivity index (χ2v) is 5.99. The van der Waals surface area contributed by atoms with Gasteiger partial charge in [0.25, 0.3) is 0 Å². The molecule has 0 aromatic heterocycles. The molecule has 0 unspecified atom stereocenters. The second-order valence-electron chi connectivity index (χ2n) is 5.99. The van der Waals surface area contributed by atoms with Gasteiger partial charge in [-0.15, -0.1) is 0 Å². The third-order valence-electron chi connectivity index (χ3n) is 3.29. The number of para-hydroxylation sites is 1. The molecule has 4 heteroatoms. The van der Waals surface area contributed by atoms with E-state index >= 15 is 0 Å². The van der Waals surface area contributed by atoms with Crippen LogP contribution in [0, 0.1) is 6.92 Å². The van der Waals surface area contributed by atoms with Gasteiger partial charge in [-0.1, -0.05) is 32.0 Å². The molecule has 1 aromatic rings. The summed E-state index contributed by atoms with van der Waals surface area (Å²) in [5.41, 5.74) is 2.95. The summed E-state index contributed by atoms with van der Waals surface area (Å²) in [7, 11) is 0. The minimum absolute atomic E-state index is 0.0537. The Morgan fingerprint density at radius 3 is 2.29 bits per heavy atom. The number of aryl methyl sites for hydroxylation is 1. The van der Waals surface area contributed by atoms with E-state index in [4.69, 9.17) is 0 Å². The molecule has 0 spiro atoms. The summed E-state index contributed by atoms with van der Waals surface area (Å²) in [5, 5.41) is 2.83. The molecule has 1 aromatic carbocycles. The lowest BCUT2D eigenvalue weighted by Crippen LogP contribution is -2.42. The van der Waals surface area contributed by atoms with Crippen LogP contribution in [0.2, 0.25) is 0 Å². The van der Waals surface area contributed by atoms with Crippen molar-refractivity contribution in [1.29, 1.82) is 0 Å². The molecule has 0 saturated carbocycles. The zero-order valence-electron chi connectivity index (χ0n) is 13.9. The van der Waals surface area contributed by atoms with E-state index in [9.17, 15) is 9.59 Å². The summed E-state index contributed by atoms with van der Waals surface area (Å²) in [6.07, 6.45) is 0. The number of carbonyl (C=O) groups excluding carboxylic acids is 2. The van der Waals surface area contributed by atoms with Crippen LogP contribution in [0.15, 0.2) is 18.2 Å². The summed E-state index contributed by atoms with van der Waals surface area (Å²) in [5.74, 6) is 0.0261. The summed E-state index contributed by atoms with van der Waals surface area (Å²) >= 11 is 0. The average molecular weight is 290 g/mol. The quantitative estimate of drug-likeness (QED) is 0.906. The topological polar surface area (TPSA) is 49.4 Å². The van der Waals surface area contributed by atoms with Crippen molar-refractivity contribution in [3.8, 4) is 0 Å². The van der Waals surface area contributed by atoms with Gasteiger partial charge in [0, 0.05) is 13.0 Å². The molecule has 21 heavy (non-hydrogen) atoms. The number of rotatable bonds is 5. The molecular weight excluding hydrogens is 264 g/mol. The van der Waals surface area contributed by atoms with Crippen molar-refractivity contribution in [1.82, 2.24) is 5.32 Å². The van der Waals surface area contributed by atoms with E-state index in [-0.39, 0.29) is 30.3 Å². The molecule has 0 radical (unpaired) electrons. The zero-order valence-corrected chi connectivity index (χ0v) is 13.9. The van der Waals surface area contributed by atoms with Crippen molar-refractivity contribution in [3.05, 3.63) is 29.3 Å². The molecule has 0 saturated heterocycles. The van der Waals surface area contributed by atoms with Gasteiger partial charge < -0.3 is 10.2 Å². The maximum atomic E-state index is 12.0. The Balaban J connectivity index is 3.18. The minimum atomic E-state index is -0.141. The van der Waals surface area contributed by atoms with E-state index < -0.39 is 0 Å². The maximum Gasteiger partial charge on any atom is 0.240 e. The third kappa shape index (κ3) is 4.59. The van der Waals surface area contributed by atoms with Crippen molar-refractivity contribution in [3.63, 3.8) is 0 Å².